The zero-order chi connectivity index (χ0) is 10.0. The van der Waals surface area contributed by atoms with E-state index in [-0.39, 0.29) is 22.0 Å². The lowest BCUT2D eigenvalue weighted by Gasteiger charge is -2.08. The summed E-state index contributed by atoms with van der Waals surface area (Å²) < 4.78 is 25.3. The molecule has 0 unspecified atom stereocenters. The first-order valence-corrected chi connectivity index (χ1v) is 5.24. The van der Waals surface area contributed by atoms with Crippen LogP contribution in [0.25, 0.3) is 0 Å². The summed E-state index contributed by atoms with van der Waals surface area (Å²) in [6.45, 7) is 0. The molecule has 13 heavy (non-hydrogen) atoms. The highest BCUT2D eigenvalue weighted by atomic mass is 127. The number of aromatic nitrogens is 1. The van der Waals surface area contributed by atoms with Gasteiger partial charge in [-0.1, -0.05) is 11.6 Å². The van der Waals surface area contributed by atoms with Gasteiger partial charge < -0.3 is 0 Å². The Kier molecular flexibility index (Phi) is 4.12. The maximum atomic E-state index is 12.5. The van der Waals surface area contributed by atoms with Gasteiger partial charge in [0.25, 0.3) is 6.43 Å². The van der Waals surface area contributed by atoms with Crippen molar-refractivity contribution in [2.24, 2.45) is 0 Å². The fraction of sp³-hybridized carbons (Fsp3) is 0.286. The minimum absolute atomic E-state index is 0.00579. The monoisotopic (exact) mass is 337 g/mol. The molecule has 0 aliphatic rings. The highest BCUT2D eigenvalue weighted by Crippen LogP contribution is 2.33. The Bertz CT molecular complexity index is 320. The number of hydrogen-bond donors (Lipinski definition) is 0. The molecule has 0 saturated heterocycles. The smallest absolute Gasteiger partial charge is 0.248 e. The van der Waals surface area contributed by atoms with Gasteiger partial charge in [-0.3, -0.25) is 0 Å². The maximum Gasteiger partial charge on any atom is 0.265 e. The summed E-state index contributed by atoms with van der Waals surface area (Å²) in [5, 5.41) is -0.00579. The third-order valence-corrected chi connectivity index (χ3v) is 3.27. The molecule has 0 aliphatic carbocycles. The lowest BCUT2D eigenvalue weighted by atomic mass is 10.2. The highest BCUT2D eigenvalue weighted by Gasteiger charge is 2.19. The van der Waals surface area contributed by atoms with Gasteiger partial charge in [0.1, 0.15) is 3.70 Å². The zero-order valence-corrected chi connectivity index (χ0v) is 9.87. The Morgan fingerprint density at radius 2 is 2.15 bits per heavy atom. The molecule has 0 bridgehead atoms. The molecule has 6 heteroatoms. The molecule has 0 saturated carbocycles. The highest BCUT2D eigenvalue weighted by molar-refractivity contribution is 14.1. The molecular formula is C7H4Cl2F2IN. The van der Waals surface area contributed by atoms with E-state index in [4.69, 9.17) is 23.2 Å². The van der Waals surface area contributed by atoms with Gasteiger partial charge in [0.05, 0.1) is 5.02 Å². The average molecular weight is 338 g/mol. The van der Waals surface area contributed by atoms with Crippen LogP contribution in [-0.4, -0.2) is 4.98 Å². The van der Waals surface area contributed by atoms with E-state index in [0.717, 1.165) is 0 Å². The molecule has 0 radical (unpaired) electrons. The van der Waals surface area contributed by atoms with Gasteiger partial charge in [-0.2, -0.15) is 0 Å². The first-order valence-electron chi connectivity index (χ1n) is 3.24. The van der Waals surface area contributed by atoms with Crippen molar-refractivity contribution in [3.8, 4) is 0 Å². The number of alkyl halides is 3. The van der Waals surface area contributed by atoms with E-state index in [1.807, 2.05) is 0 Å². The summed E-state index contributed by atoms with van der Waals surface area (Å²) in [4.78, 5) is 3.83. The van der Waals surface area contributed by atoms with Crippen LogP contribution in [0.1, 0.15) is 17.6 Å². The van der Waals surface area contributed by atoms with E-state index in [1.165, 1.54) is 6.20 Å². The number of nitrogens with zero attached hydrogens (tertiary/aromatic N) is 1. The van der Waals surface area contributed by atoms with Crippen LogP contribution in [0.15, 0.2) is 6.20 Å². The standard InChI is InChI=1S/C7H4Cl2F2IN/c8-1-3-2-13-7(12)5(9)4(3)6(10)11/h2,6H,1H2. The fourth-order valence-electron chi connectivity index (χ4n) is 0.855. The second-order valence-electron chi connectivity index (χ2n) is 2.24. The van der Waals surface area contributed by atoms with Crippen molar-refractivity contribution < 1.29 is 8.78 Å². The normalized spacial score (nSPS) is 10.9. The minimum atomic E-state index is -2.61. The topological polar surface area (TPSA) is 12.9 Å². The molecule has 0 amide bonds. The van der Waals surface area contributed by atoms with Gasteiger partial charge >= 0.3 is 0 Å². The van der Waals surface area contributed by atoms with Crippen LogP contribution in [-0.2, 0) is 5.88 Å². The summed E-state index contributed by atoms with van der Waals surface area (Å²) in [7, 11) is 0. The molecule has 0 fully saturated rings. The van der Waals surface area contributed by atoms with Crippen molar-refractivity contribution in [2.45, 2.75) is 12.3 Å². The van der Waals surface area contributed by atoms with Gasteiger partial charge in [-0.15, -0.1) is 11.6 Å². The molecule has 1 aromatic heterocycles. The summed E-state index contributed by atoms with van der Waals surface area (Å²) >= 11 is 12.9. The van der Waals surface area contributed by atoms with E-state index < -0.39 is 6.43 Å². The largest absolute Gasteiger partial charge is 0.265 e. The molecule has 0 spiro atoms. The second kappa shape index (κ2) is 4.70. The molecule has 0 aromatic carbocycles. The second-order valence-corrected chi connectivity index (χ2v) is 3.90. The molecule has 1 nitrogen and oxygen atoms in total. The SMILES string of the molecule is FC(F)c1c(CCl)cnc(I)c1Cl. The molecule has 0 N–H and O–H groups in total. The lowest BCUT2D eigenvalue weighted by molar-refractivity contribution is 0.150. The molecule has 72 valence electrons. The van der Waals surface area contributed by atoms with Crippen LogP contribution < -0.4 is 0 Å². The molecule has 1 rings (SSSR count). The Morgan fingerprint density at radius 1 is 1.54 bits per heavy atom. The van der Waals surface area contributed by atoms with Crippen LogP contribution >= 0.6 is 45.8 Å². The predicted molar refractivity (Wildman–Crippen MR) is 56.5 cm³/mol. The van der Waals surface area contributed by atoms with E-state index in [9.17, 15) is 8.78 Å². The molecular weight excluding hydrogens is 334 g/mol. The number of halogens is 5. The van der Waals surface area contributed by atoms with Crippen molar-refractivity contribution >= 4 is 45.8 Å². The summed E-state index contributed by atoms with van der Waals surface area (Å²) in [5.41, 5.74) is 0.0677. The average Bonchev–Trinajstić information content (AvgIpc) is 2.08. The van der Waals surface area contributed by atoms with Crippen LogP contribution in [0.4, 0.5) is 8.78 Å². The van der Waals surface area contributed by atoms with E-state index in [1.54, 1.807) is 22.6 Å². The van der Waals surface area contributed by atoms with Crippen molar-refractivity contribution in [3.63, 3.8) is 0 Å². The van der Waals surface area contributed by atoms with Crippen LogP contribution in [0, 0.1) is 3.70 Å². The van der Waals surface area contributed by atoms with Crippen molar-refractivity contribution in [2.75, 3.05) is 0 Å². The summed E-state index contributed by atoms with van der Waals surface area (Å²) in [6, 6.07) is 0. The van der Waals surface area contributed by atoms with Crippen molar-refractivity contribution in [1.82, 2.24) is 4.98 Å². The maximum absolute atomic E-state index is 12.5. The summed E-state index contributed by atoms with van der Waals surface area (Å²) in [6.07, 6.45) is -1.29. The van der Waals surface area contributed by atoms with E-state index in [2.05, 4.69) is 4.98 Å². The van der Waals surface area contributed by atoms with Gasteiger partial charge in [0, 0.05) is 17.6 Å². The predicted octanol–water partition coefficient (Wildman–Crippen LogP) is 4.02. The van der Waals surface area contributed by atoms with Crippen LogP contribution in [0.5, 0.6) is 0 Å². The molecule has 1 heterocycles. The fourth-order valence-corrected chi connectivity index (χ4v) is 1.75. The number of rotatable bonds is 2. The van der Waals surface area contributed by atoms with Crippen LogP contribution in [0.3, 0.4) is 0 Å². The quantitative estimate of drug-likeness (QED) is 0.451. The van der Waals surface area contributed by atoms with E-state index >= 15 is 0 Å². The molecule has 1 aromatic rings. The third-order valence-electron chi connectivity index (χ3n) is 1.46. The van der Waals surface area contributed by atoms with Gasteiger partial charge in [-0.25, -0.2) is 13.8 Å². The van der Waals surface area contributed by atoms with Crippen LogP contribution in [0.2, 0.25) is 5.02 Å². The Labute approximate surface area is 97.6 Å². The third kappa shape index (κ3) is 2.41. The van der Waals surface area contributed by atoms with Gasteiger partial charge in [0.15, 0.2) is 0 Å². The molecule has 0 atom stereocenters. The zero-order valence-electron chi connectivity index (χ0n) is 6.20. The first-order chi connectivity index (χ1) is 6.07. The molecule has 0 aliphatic heterocycles. The van der Waals surface area contributed by atoms with Crippen molar-refractivity contribution in [3.05, 3.63) is 26.0 Å². The number of pyridine rings is 1. The summed E-state index contributed by atoms with van der Waals surface area (Å²) in [5.74, 6) is -0.0106. The minimum Gasteiger partial charge on any atom is -0.248 e. The van der Waals surface area contributed by atoms with Crippen molar-refractivity contribution in [1.29, 1.82) is 0 Å². The lowest BCUT2D eigenvalue weighted by Crippen LogP contribution is -1.98. The van der Waals surface area contributed by atoms with E-state index in [0.29, 0.717) is 3.70 Å². The Morgan fingerprint density at radius 3 is 2.62 bits per heavy atom. The van der Waals surface area contributed by atoms with Gasteiger partial charge in [-0.05, 0) is 28.2 Å². The number of hydrogen-bond acceptors (Lipinski definition) is 1. The van der Waals surface area contributed by atoms with Gasteiger partial charge in [0.2, 0.25) is 0 Å². The Hall–Kier alpha value is 0.320. The Balaban J connectivity index is 3.32. The first kappa shape index (κ1) is 11.4.